The Labute approximate surface area is 207 Å². The number of aromatic nitrogens is 5. The number of rotatable bonds is 5. The van der Waals surface area contributed by atoms with Gasteiger partial charge < -0.3 is 11.1 Å². The highest BCUT2D eigenvalue weighted by molar-refractivity contribution is 5.96. The molecule has 2 aromatic carbocycles. The monoisotopic (exact) mass is 474 g/mol. The number of nitrogen functional groups attached to an aromatic ring is 1. The summed E-state index contributed by atoms with van der Waals surface area (Å²) in [7, 11) is 0. The van der Waals surface area contributed by atoms with Gasteiger partial charge in [-0.05, 0) is 54.6 Å². The van der Waals surface area contributed by atoms with Gasteiger partial charge in [-0.2, -0.15) is 10.2 Å². The Kier molecular flexibility index (Phi) is 5.84. The molecule has 0 spiro atoms. The molecule has 0 bridgehead atoms. The maximum atomic E-state index is 14.2. The molecule has 1 atom stereocenters. The second kappa shape index (κ2) is 9.27. The van der Waals surface area contributed by atoms with Gasteiger partial charge in [-0.25, -0.2) is 14.8 Å². The summed E-state index contributed by atoms with van der Waals surface area (Å²) < 4.78 is 1.70. The van der Waals surface area contributed by atoms with Crippen molar-refractivity contribution in [3.63, 3.8) is 0 Å². The molecule has 3 N–H and O–H groups in total. The van der Waals surface area contributed by atoms with Crippen LogP contribution in [0.3, 0.4) is 0 Å². The maximum absolute atomic E-state index is 14.2. The number of nitrogens with two attached hydrogens (primary N) is 1. The van der Waals surface area contributed by atoms with Crippen molar-refractivity contribution >= 4 is 28.2 Å². The van der Waals surface area contributed by atoms with Crippen molar-refractivity contribution in [2.24, 2.45) is 0 Å². The fourth-order valence-electron chi connectivity index (χ4n) is 4.28. The molecule has 0 saturated heterocycles. The summed E-state index contributed by atoms with van der Waals surface area (Å²) in [6.45, 7) is 11.3. The molecule has 9 nitrogen and oxygen atoms in total. The summed E-state index contributed by atoms with van der Waals surface area (Å²) in [5.74, 6) is 0.368. The molecule has 5 rings (SSSR count). The Bertz CT molecular complexity index is 1690. The Morgan fingerprint density at radius 1 is 1.08 bits per heavy atom. The molecule has 0 aliphatic carbocycles. The summed E-state index contributed by atoms with van der Waals surface area (Å²) in [6.07, 6.45) is 4.64. The van der Waals surface area contributed by atoms with Crippen molar-refractivity contribution in [2.45, 2.75) is 19.9 Å². The lowest BCUT2D eigenvalue weighted by atomic mass is 9.99. The van der Waals surface area contributed by atoms with E-state index >= 15 is 0 Å². The Balaban J connectivity index is 1.76. The van der Waals surface area contributed by atoms with Crippen LogP contribution in [-0.4, -0.2) is 24.7 Å². The molecule has 176 valence electrons. The van der Waals surface area contributed by atoms with Crippen LogP contribution in [0.15, 0.2) is 78.0 Å². The maximum Gasteiger partial charge on any atom is 0.263 e. The topological polar surface area (TPSA) is 116 Å². The predicted octanol–water partition coefficient (Wildman–Crippen LogP) is 4.85. The molecule has 3 aromatic heterocycles. The summed E-state index contributed by atoms with van der Waals surface area (Å²) >= 11 is 0. The lowest BCUT2D eigenvalue weighted by molar-refractivity contribution is 0.773. The summed E-state index contributed by atoms with van der Waals surface area (Å²) in [4.78, 5) is 25.8. The van der Waals surface area contributed by atoms with Crippen molar-refractivity contribution < 1.29 is 0 Å². The van der Waals surface area contributed by atoms with Gasteiger partial charge in [0.2, 0.25) is 11.6 Å². The van der Waals surface area contributed by atoms with Gasteiger partial charge in [-0.1, -0.05) is 30.3 Å². The predicted molar refractivity (Wildman–Crippen MR) is 140 cm³/mol. The SMILES string of the molecule is [C-]#[N+]c1cnc(N)nc1N[C@@H](C)c1cc2cccc(-c3ccnnc3)c2c(=O)n1-c1cccc(C)c1. The third-order valence-corrected chi connectivity index (χ3v) is 5.94. The molecule has 0 amide bonds. The van der Waals surface area contributed by atoms with E-state index in [1.165, 1.54) is 6.20 Å². The van der Waals surface area contributed by atoms with Crippen molar-refractivity contribution in [1.29, 1.82) is 0 Å². The fourth-order valence-corrected chi connectivity index (χ4v) is 4.28. The molecule has 0 fully saturated rings. The average Bonchev–Trinajstić information content (AvgIpc) is 2.89. The number of fused-ring (bicyclic) bond motifs is 1. The third kappa shape index (κ3) is 4.12. The van der Waals surface area contributed by atoms with E-state index in [9.17, 15) is 4.79 Å². The molecule has 0 unspecified atom stereocenters. The van der Waals surface area contributed by atoms with E-state index in [0.717, 1.165) is 27.8 Å². The number of pyridine rings is 1. The van der Waals surface area contributed by atoms with Gasteiger partial charge in [-0.3, -0.25) is 9.36 Å². The van der Waals surface area contributed by atoms with Gasteiger partial charge in [0.05, 0.1) is 30.4 Å². The minimum Gasteiger partial charge on any atom is -0.371 e. The molecule has 0 aliphatic rings. The van der Waals surface area contributed by atoms with E-state index in [1.807, 2.05) is 68.4 Å². The van der Waals surface area contributed by atoms with Crippen LogP contribution in [-0.2, 0) is 0 Å². The molecular formula is C27H22N8O. The number of aryl methyl sites for hydroxylation is 1. The number of nitrogens with one attached hydrogen (secondary N) is 1. The number of hydrogen-bond acceptors (Lipinski definition) is 7. The molecule has 36 heavy (non-hydrogen) atoms. The van der Waals surface area contributed by atoms with E-state index in [2.05, 4.69) is 30.3 Å². The number of anilines is 2. The standard InChI is InChI=1S/C27H22N8O/c1-16-6-4-8-20(12-16)35-23(17(2)33-25-22(29-3)15-30-27(28)34-25)13-18-7-5-9-21(24(18)26(35)36)19-10-11-31-32-14-19/h4-15,17H,1-2H3,(H3,28,30,33,34)/t17-/m0/s1. The zero-order valence-electron chi connectivity index (χ0n) is 19.7. The van der Waals surface area contributed by atoms with Crippen LogP contribution in [0, 0.1) is 13.5 Å². The third-order valence-electron chi connectivity index (χ3n) is 5.94. The molecule has 0 radical (unpaired) electrons. The number of benzene rings is 2. The lowest BCUT2D eigenvalue weighted by Gasteiger charge is -2.22. The van der Waals surface area contributed by atoms with Gasteiger partial charge in [0.1, 0.15) is 5.82 Å². The Morgan fingerprint density at radius 3 is 2.67 bits per heavy atom. The van der Waals surface area contributed by atoms with Crippen LogP contribution in [0.4, 0.5) is 17.5 Å². The van der Waals surface area contributed by atoms with Crippen LogP contribution in [0.2, 0.25) is 0 Å². The normalized spacial score (nSPS) is 11.7. The van der Waals surface area contributed by atoms with Crippen molar-refractivity contribution in [1.82, 2.24) is 24.7 Å². The van der Waals surface area contributed by atoms with E-state index in [-0.39, 0.29) is 17.2 Å². The fraction of sp³-hybridized carbons (Fsp3) is 0.111. The van der Waals surface area contributed by atoms with E-state index in [4.69, 9.17) is 12.3 Å². The summed E-state index contributed by atoms with van der Waals surface area (Å²) in [5.41, 5.74) is 9.90. The first kappa shape index (κ1) is 22.7. The largest absolute Gasteiger partial charge is 0.371 e. The minimum absolute atomic E-state index is 0.0577. The van der Waals surface area contributed by atoms with Gasteiger partial charge in [-0.15, -0.1) is 0 Å². The first-order valence-electron chi connectivity index (χ1n) is 11.3. The first-order chi connectivity index (χ1) is 17.5. The van der Waals surface area contributed by atoms with E-state index < -0.39 is 6.04 Å². The van der Waals surface area contributed by atoms with Crippen LogP contribution in [0.25, 0.3) is 32.4 Å². The summed E-state index contributed by atoms with van der Waals surface area (Å²) in [6, 6.07) is 16.9. The van der Waals surface area contributed by atoms with Crippen LogP contribution >= 0.6 is 0 Å². The highest BCUT2D eigenvalue weighted by Gasteiger charge is 2.20. The zero-order valence-corrected chi connectivity index (χ0v) is 19.7. The highest BCUT2D eigenvalue weighted by Crippen LogP contribution is 2.31. The molecule has 9 heteroatoms. The van der Waals surface area contributed by atoms with Crippen molar-refractivity contribution in [2.75, 3.05) is 11.1 Å². The molecule has 3 heterocycles. The average molecular weight is 475 g/mol. The van der Waals surface area contributed by atoms with Crippen molar-refractivity contribution in [3.05, 3.63) is 106 Å². The molecule has 0 saturated carbocycles. The Morgan fingerprint density at radius 2 is 1.92 bits per heavy atom. The zero-order chi connectivity index (χ0) is 25.2. The smallest absolute Gasteiger partial charge is 0.263 e. The second-order valence-corrected chi connectivity index (χ2v) is 8.39. The lowest BCUT2D eigenvalue weighted by Crippen LogP contribution is -2.26. The van der Waals surface area contributed by atoms with Gasteiger partial charge in [0.25, 0.3) is 5.56 Å². The highest BCUT2D eigenvalue weighted by atomic mass is 16.1. The summed E-state index contributed by atoms with van der Waals surface area (Å²) in [5, 5.41) is 12.5. The van der Waals surface area contributed by atoms with E-state index in [1.54, 1.807) is 17.0 Å². The Hall–Kier alpha value is -5.10. The molecule has 0 aliphatic heterocycles. The van der Waals surface area contributed by atoms with Crippen LogP contribution in [0.1, 0.15) is 24.2 Å². The second-order valence-electron chi connectivity index (χ2n) is 8.39. The molecular weight excluding hydrogens is 452 g/mol. The number of hydrogen-bond donors (Lipinski definition) is 2. The van der Waals surface area contributed by atoms with Crippen LogP contribution in [0.5, 0.6) is 0 Å². The van der Waals surface area contributed by atoms with E-state index in [0.29, 0.717) is 16.9 Å². The molecule has 5 aromatic rings. The quantitative estimate of drug-likeness (QED) is 0.350. The van der Waals surface area contributed by atoms with Gasteiger partial charge in [0, 0.05) is 23.1 Å². The van der Waals surface area contributed by atoms with Gasteiger partial charge in [0.15, 0.2) is 0 Å². The van der Waals surface area contributed by atoms with Crippen molar-refractivity contribution in [3.8, 4) is 16.8 Å². The first-order valence-corrected chi connectivity index (χ1v) is 11.3. The number of nitrogens with zero attached hydrogens (tertiary/aromatic N) is 6. The van der Waals surface area contributed by atoms with Crippen LogP contribution < -0.4 is 16.6 Å². The minimum atomic E-state index is -0.399. The van der Waals surface area contributed by atoms with Gasteiger partial charge >= 0.3 is 0 Å².